The molecule has 0 radical (unpaired) electrons. The number of benzene rings is 2. The number of nitrogens with zero attached hydrogens (tertiary/aromatic N) is 1. The summed E-state index contributed by atoms with van der Waals surface area (Å²) >= 11 is 11.8. The fourth-order valence-electron chi connectivity index (χ4n) is 1.64. The van der Waals surface area contributed by atoms with Crippen LogP contribution in [0.2, 0.25) is 10.0 Å². The first-order valence-corrected chi connectivity index (χ1v) is 6.83. The van der Waals surface area contributed by atoms with Gasteiger partial charge in [0.15, 0.2) is 0 Å². The summed E-state index contributed by atoms with van der Waals surface area (Å²) in [6.45, 7) is 0.0708. The van der Waals surface area contributed by atoms with Crippen molar-refractivity contribution in [2.45, 2.75) is 0 Å². The minimum absolute atomic E-state index is 0.0708. The molecule has 0 fully saturated rings. The molecule has 2 N–H and O–H groups in total. The number of hydrogen-bond acceptors (Lipinski definition) is 3. The van der Waals surface area contributed by atoms with Gasteiger partial charge in [0.1, 0.15) is 0 Å². The van der Waals surface area contributed by atoms with Gasteiger partial charge in [0.2, 0.25) is 5.91 Å². The Hall–Kier alpha value is -2.22. The molecule has 0 saturated carbocycles. The number of anilines is 2. The minimum Gasteiger partial charge on any atom is -0.375 e. The summed E-state index contributed by atoms with van der Waals surface area (Å²) in [5, 5.41) is 15.3. The Morgan fingerprint density at radius 1 is 1.14 bits per heavy atom. The lowest BCUT2D eigenvalue weighted by Crippen LogP contribution is -2.21. The van der Waals surface area contributed by atoms with Crippen molar-refractivity contribution < 1.29 is 4.79 Å². The molecule has 0 aliphatic carbocycles. The Kier molecular flexibility index (Phi) is 5.04. The normalized spacial score (nSPS) is 9.76. The van der Waals surface area contributed by atoms with Gasteiger partial charge in [0.25, 0.3) is 0 Å². The Balaban J connectivity index is 1.91. The quantitative estimate of drug-likeness (QED) is 0.897. The first-order chi connectivity index (χ1) is 10.1. The molecule has 1 amide bonds. The molecule has 0 aliphatic heterocycles. The third kappa shape index (κ3) is 4.38. The van der Waals surface area contributed by atoms with Gasteiger partial charge in [-0.2, -0.15) is 5.26 Å². The Morgan fingerprint density at radius 2 is 1.86 bits per heavy atom. The van der Waals surface area contributed by atoms with Gasteiger partial charge in [0.05, 0.1) is 28.9 Å². The molecular weight excluding hydrogens is 309 g/mol. The van der Waals surface area contributed by atoms with Crippen LogP contribution in [0.3, 0.4) is 0 Å². The largest absolute Gasteiger partial charge is 0.375 e. The van der Waals surface area contributed by atoms with Gasteiger partial charge in [-0.25, -0.2) is 0 Å². The van der Waals surface area contributed by atoms with E-state index in [-0.39, 0.29) is 12.5 Å². The van der Waals surface area contributed by atoms with Crippen LogP contribution in [0.4, 0.5) is 11.4 Å². The second-order valence-corrected chi connectivity index (χ2v) is 5.06. The molecule has 6 heteroatoms. The lowest BCUT2D eigenvalue weighted by Gasteiger charge is -2.09. The average Bonchev–Trinajstić information content (AvgIpc) is 2.47. The maximum atomic E-state index is 11.8. The summed E-state index contributed by atoms with van der Waals surface area (Å²) in [7, 11) is 0. The molecule has 4 nitrogen and oxygen atoms in total. The summed E-state index contributed by atoms with van der Waals surface area (Å²) in [5.74, 6) is -0.217. The molecular formula is C15H11Cl2N3O. The number of carbonyl (C=O) groups is 1. The van der Waals surface area contributed by atoms with Crippen LogP contribution in [0.1, 0.15) is 5.56 Å². The van der Waals surface area contributed by atoms with Crippen molar-refractivity contribution in [3.05, 3.63) is 58.1 Å². The fraction of sp³-hybridized carbons (Fsp3) is 0.0667. The van der Waals surface area contributed by atoms with Crippen LogP contribution >= 0.6 is 23.2 Å². The van der Waals surface area contributed by atoms with Crippen molar-refractivity contribution in [1.29, 1.82) is 5.26 Å². The molecule has 0 heterocycles. The van der Waals surface area contributed by atoms with Crippen molar-refractivity contribution in [3.8, 4) is 6.07 Å². The predicted molar refractivity (Wildman–Crippen MR) is 84.7 cm³/mol. The van der Waals surface area contributed by atoms with Crippen molar-refractivity contribution in [1.82, 2.24) is 0 Å². The van der Waals surface area contributed by atoms with Gasteiger partial charge in [-0.15, -0.1) is 0 Å². The summed E-state index contributed by atoms with van der Waals surface area (Å²) in [5.41, 5.74) is 1.80. The molecule has 21 heavy (non-hydrogen) atoms. The van der Waals surface area contributed by atoms with E-state index in [1.54, 1.807) is 42.5 Å². The van der Waals surface area contributed by atoms with Crippen LogP contribution in [0.25, 0.3) is 0 Å². The predicted octanol–water partition coefficient (Wildman–Crippen LogP) is 3.92. The lowest BCUT2D eigenvalue weighted by atomic mass is 10.2. The average molecular weight is 320 g/mol. The Morgan fingerprint density at radius 3 is 2.48 bits per heavy atom. The van der Waals surface area contributed by atoms with Crippen LogP contribution in [0.5, 0.6) is 0 Å². The van der Waals surface area contributed by atoms with Crippen LogP contribution in [-0.2, 0) is 4.79 Å². The van der Waals surface area contributed by atoms with Gasteiger partial charge >= 0.3 is 0 Å². The van der Waals surface area contributed by atoms with E-state index in [0.717, 1.165) is 0 Å². The highest BCUT2D eigenvalue weighted by atomic mass is 35.5. The van der Waals surface area contributed by atoms with Crippen molar-refractivity contribution >= 4 is 40.5 Å². The summed E-state index contributed by atoms with van der Waals surface area (Å²) in [6.07, 6.45) is 0. The van der Waals surface area contributed by atoms with Gasteiger partial charge < -0.3 is 10.6 Å². The first kappa shape index (κ1) is 15.2. The number of rotatable bonds is 4. The SMILES string of the molecule is N#Cc1ccc(NC(=O)CNc2ccc(Cl)cc2Cl)cc1. The molecule has 106 valence electrons. The zero-order chi connectivity index (χ0) is 15.2. The molecule has 0 saturated heterocycles. The Labute approximate surface area is 132 Å². The van der Waals surface area contributed by atoms with Crippen molar-refractivity contribution in [2.75, 3.05) is 17.2 Å². The smallest absolute Gasteiger partial charge is 0.243 e. The summed E-state index contributed by atoms with van der Waals surface area (Å²) in [4.78, 5) is 11.8. The minimum atomic E-state index is -0.217. The molecule has 2 aromatic carbocycles. The number of nitrogens with one attached hydrogen (secondary N) is 2. The topological polar surface area (TPSA) is 64.9 Å². The van der Waals surface area contributed by atoms with Crippen molar-refractivity contribution in [3.63, 3.8) is 0 Å². The van der Waals surface area contributed by atoms with Crippen LogP contribution in [0, 0.1) is 11.3 Å². The highest BCUT2D eigenvalue weighted by Crippen LogP contribution is 2.25. The summed E-state index contributed by atoms with van der Waals surface area (Å²) in [6, 6.07) is 13.6. The molecule has 0 aliphatic rings. The third-order valence-corrected chi connectivity index (χ3v) is 3.22. The van der Waals surface area contributed by atoms with E-state index in [9.17, 15) is 4.79 Å². The standard InChI is InChI=1S/C15H11Cl2N3O/c16-11-3-6-14(13(17)7-11)19-9-15(21)20-12-4-1-10(8-18)2-5-12/h1-7,19H,9H2,(H,20,21). The van der Waals surface area contributed by atoms with Gasteiger partial charge in [0, 0.05) is 10.7 Å². The molecule has 2 rings (SSSR count). The molecule has 0 bridgehead atoms. The molecule has 0 aromatic heterocycles. The Bertz CT molecular complexity index is 693. The van der Waals surface area contributed by atoms with Gasteiger partial charge in [-0.05, 0) is 42.5 Å². The van der Waals surface area contributed by atoms with E-state index >= 15 is 0 Å². The zero-order valence-electron chi connectivity index (χ0n) is 10.9. The first-order valence-electron chi connectivity index (χ1n) is 6.07. The number of halogens is 2. The second kappa shape index (κ2) is 6.98. The van der Waals surface area contributed by atoms with E-state index in [1.807, 2.05) is 6.07 Å². The van der Waals surface area contributed by atoms with Gasteiger partial charge in [-0.1, -0.05) is 23.2 Å². The van der Waals surface area contributed by atoms with Crippen molar-refractivity contribution in [2.24, 2.45) is 0 Å². The van der Waals surface area contributed by atoms with E-state index in [4.69, 9.17) is 28.5 Å². The number of hydrogen-bond donors (Lipinski definition) is 2. The van der Waals surface area contributed by atoms with E-state index in [0.29, 0.717) is 27.0 Å². The number of nitriles is 1. The zero-order valence-corrected chi connectivity index (χ0v) is 12.4. The number of carbonyl (C=O) groups excluding carboxylic acids is 1. The highest BCUT2D eigenvalue weighted by molar-refractivity contribution is 6.36. The second-order valence-electron chi connectivity index (χ2n) is 4.22. The van der Waals surface area contributed by atoms with E-state index in [2.05, 4.69) is 10.6 Å². The maximum absolute atomic E-state index is 11.8. The molecule has 2 aromatic rings. The summed E-state index contributed by atoms with van der Waals surface area (Å²) < 4.78 is 0. The van der Waals surface area contributed by atoms with Crippen LogP contribution in [0.15, 0.2) is 42.5 Å². The van der Waals surface area contributed by atoms with E-state index < -0.39 is 0 Å². The maximum Gasteiger partial charge on any atom is 0.243 e. The molecule has 0 unspecified atom stereocenters. The van der Waals surface area contributed by atoms with Gasteiger partial charge in [-0.3, -0.25) is 4.79 Å². The number of amides is 1. The molecule has 0 spiro atoms. The van der Waals surface area contributed by atoms with E-state index in [1.165, 1.54) is 0 Å². The van der Waals surface area contributed by atoms with Crippen LogP contribution in [-0.4, -0.2) is 12.5 Å². The lowest BCUT2D eigenvalue weighted by molar-refractivity contribution is -0.114. The third-order valence-electron chi connectivity index (χ3n) is 2.67. The monoisotopic (exact) mass is 319 g/mol. The highest BCUT2D eigenvalue weighted by Gasteiger charge is 2.05. The fourth-order valence-corrected chi connectivity index (χ4v) is 2.12. The van der Waals surface area contributed by atoms with Crippen LogP contribution < -0.4 is 10.6 Å². The molecule has 0 atom stereocenters.